The second kappa shape index (κ2) is 7.92. The molecule has 2 heterocycles. The first kappa shape index (κ1) is 16.4. The lowest BCUT2D eigenvalue weighted by Gasteiger charge is -2.27. The number of aryl methyl sites for hydroxylation is 1. The molecule has 0 radical (unpaired) electrons. The van der Waals surface area contributed by atoms with Crippen LogP contribution in [0.1, 0.15) is 19.2 Å². The summed E-state index contributed by atoms with van der Waals surface area (Å²) in [5.74, 6) is 2.38. The Hall–Kier alpha value is -2.41. The van der Waals surface area contributed by atoms with Crippen LogP contribution in [-0.4, -0.2) is 42.3 Å². The van der Waals surface area contributed by atoms with Crippen LogP contribution in [0.15, 0.2) is 28.8 Å². The number of rotatable bonds is 8. The molecular weight excluding hydrogens is 308 g/mol. The van der Waals surface area contributed by atoms with Gasteiger partial charge in [0.15, 0.2) is 0 Å². The number of benzene rings is 1. The third kappa shape index (κ3) is 4.32. The number of hydrogen-bond donors (Lipinski definition) is 2. The van der Waals surface area contributed by atoms with E-state index in [0.29, 0.717) is 37.1 Å². The lowest BCUT2D eigenvalue weighted by Crippen LogP contribution is -2.48. The van der Waals surface area contributed by atoms with Gasteiger partial charge in [0.2, 0.25) is 17.6 Å². The minimum Gasteiger partial charge on any atom is -0.494 e. The van der Waals surface area contributed by atoms with Crippen molar-refractivity contribution in [2.24, 2.45) is 5.92 Å². The highest BCUT2D eigenvalue weighted by molar-refractivity contribution is 5.76. The highest BCUT2D eigenvalue weighted by Gasteiger charge is 2.17. The molecule has 1 aromatic heterocycles. The number of hydrogen-bond acceptors (Lipinski definition) is 6. The molecule has 24 heavy (non-hydrogen) atoms. The molecule has 2 aromatic rings. The highest BCUT2D eigenvalue weighted by atomic mass is 16.5. The molecule has 0 aliphatic carbocycles. The van der Waals surface area contributed by atoms with Crippen LogP contribution in [0.5, 0.6) is 5.75 Å². The van der Waals surface area contributed by atoms with E-state index < -0.39 is 0 Å². The van der Waals surface area contributed by atoms with Crippen molar-refractivity contribution >= 4 is 5.91 Å². The van der Waals surface area contributed by atoms with E-state index in [1.54, 1.807) is 0 Å². The summed E-state index contributed by atoms with van der Waals surface area (Å²) in [7, 11) is 0. The fourth-order valence-corrected chi connectivity index (χ4v) is 2.40. The van der Waals surface area contributed by atoms with Gasteiger partial charge >= 0.3 is 0 Å². The van der Waals surface area contributed by atoms with Gasteiger partial charge in [-0.3, -0.25) is 4.79 Å². The number of carbonyl (C=O) groups is 1. The summed E-state index contributed by atoms with van der Waals surface area (Å²) in [6.45, 7) is 5.27. The molecule has 3 rings (SSSR count). The predicted octanol–water partition coefficient (Wildman–Crippen LogP) is 1.40. The van der Waals surface area contributed by atoms with Gasteiger partial charge in [-0.1, -0.05) is 5.16 Å². The largest absolute Gasteiger partial charge is 0.494 e. The fraction of sp³-hybridized carbons (Fsp3) is 0.471. The molecule has 7 nitrogen and oxygen atoms in total. The van der Waals surface area contributed by atoms with Gasteiger partial charge in [0.25, 0.3) is 0 Å². The first-order valence-electron chi connectivity index (χ1n) is 8.28. The standard InChI is InChI=1S/C17H22N4O3/c1-2-23-14-5-3-13(4-6-14)17-20-16(24-21-17)8-7-15(22)19-11-12-9-18-10-12/h3-6,12,18H,2,7-11H2,1H3,(H,19,22). The number of nitrogens with one attached hydrogen (secondary N) is 2. The number of carbonyl (C=O) groups excluding carboxylic acids is 1. The van der Waals surface area contributed by atoms with Gasteiger partial charge < -0.3 is 19.9 Å². The van der Waals surface area contributed by atoms with E-state index in [0.717, 1.165) is 30.9 Å². The maximum atomic E-state index is 11.8. The molecule has 1 fully saturated rings. The zero-order chi connectivity index (χ0) is 16.8. The number of ether oxygens (including phenoxy) is 1. The Labute approximate surface area is 140 Å². The van der Waals surface area contributed by atoms with Gasteiger partial charge in [-0.25, -0.2) is 0 Å². The SMILES string of the molecule is CCOc1ccc(-c2noc(CCC(=O)NCC3CNC3)n2)cc1. The van der Waals surface area contributed by atoms with Gasteiger partial charge in [-0.05, 0) is 31.2 Å². The molecular formula is C17H22N4O3. The summed E-state index contributed by atoms with van der Waals surface area (Å²) in [5, 5.41) is 10.1. The van der Waals surface area contributed by atoms with Crippen LogP contribution in [0.4, 0.5) is 0 Å². The molecule has 0 spiro atoms. The molecule has 2 N–H and O–H groups in total. The summed E-state index contributed by atoms with van der Waals surface area (Å²) in [6, 6.07) is 7.52. The third-order valence-corrected chi connectivity index (χ3v) is 3.91. The minimum atomic E-state index is 0.0164. The normalized spacial score (nSPS) is 14.2. The van der Waals surface area contributed by atoms with E-state index in [4.69, 9.17) is 9.26 Å². The molecule has 0 saturated carbocycles. The van der Waals surface area contributed by atoms with Crippen LogP contribution in [0.25, 0.3) is 11.4 Å². The van der Waals surface area contributed by atoms with Gasteiger partial charge in [0.05, 0.1) is 6.61 Å². The van der Waals surface area contributed by atoms with Crippen molar-refractivity contribution in [1.82, 2.24) is 20.8 Å². The van der Waals surface area contributed by atoms with E-state index >= 15 is 0 Å². The van der Waals surface area contributed by atoms with Crippen LogP contribution < -0.4 is 15.4 Å². The predicted molar refractivity (Wildman–Crippen MR) is 88.6 cm³/mol. The van der Waals surface area contributed by atoms with Crippen molar-refractivity contribution in [3.63, 3.8) is 0 Å². The van der Waals surface area contributed by atoms with Crippen LogP contribution in [0.2, 0.25) is 0 Å². The van der Waals surface area contributed by atoms with Gasteiger partial charge in [0.1, 0.15) is 5.75 Å². The van der Waals surface area contributed by atoms with Crippen LogP contribution in [0.3, 0.4) is 0 Å². The Morgan fingerprint density at radius 2 is 2.17 bits per heavy atom. The van der Waals surface area contributed by atoms with Crippen molar-refractivity contribution in [2.75, 3.05) is 26.2 Å². The molecule has 7 heteroatoms. The van der Waals surface area contributed by atoms with Crippen molar-refractivity contribution in [1.29, 1.82) is 0 Å². The number of aromatic nitrogens is 2. The van der Waals surface area contributed by atoms with E-state index in [1.807, 2.05) is 31.2 Å². The molecule has 128 valence electrons. The topological polar surface area (TPSA) is 89.3 Å². The summed E-state index contributed by atoms with van der Waals surface area (Å²) in [4.78, 5) is 16.1. The van der Waals surface area contributed by atoms with Crippen LogP contribution >= 0.6 is 0 Å². The zero-order valence-corrected chi connectivity index (χ0v) is 13.7. The monoisotopic (exact) mass is 330 g/mol. The van der Waals surface area contributed by atoms with Crippen LogP contribution in [0, 0.1) is 5.92 Å². The lowest BCUT2D eigenvalue weighted by molar-refractivity contribution is -0.121. The summed E-state index contributed by atoms with van der Waals surface area (Å²) < 4.78 is 10.6. The number of amides is 1. The summed E-state index contributed by atoms with van der Waals surface area (Å²) >= 11 is 0. The molecule has 0 bridgehead atoms. The zero-order valence-electron chi connectivity index (χ0n) is 13.7. The Morgan fingerprint density at radius 1 is 1.38 bits per heavy atom. The van der Waals surface area contributed by atoms with Crippen molar-refractivity contribution < 1.29 is 14.1 Å². The molecule has 1 amide bonds. The Bertz CT molecular complexity index is 665. The third-order valence-electron chi connectivity index (χ3n) is 3.91. The van der Waals surface area contributed by atoms with E-state index in [1.165, 1.54) is 0 Å². The summed E-state index contributed by atoms with van der Waals surface area (Å²) in [6.07, 6.45) is 0.795. The second-order valence-electron chi connectivity index (χ2n) is 5.80. The van der Waals surface area contributed by atoms with Crippen LogP contribution in [-0.2, 0) is 11.2 Å². The molecule has 1 saturated heterocycles. The average molecular weight is 330 g/mol. The second-order valence-corrected chi connectivity index (χ2v) is 5.80. The van der Waals surface area contributed by atoms with Gasteiger partial charge in [0, 0.05) is 44.0 Å². The average Bonchev–Trinajstić information content (AvgIpc) is 3.01. The van der Waals surface area contributed by atoms with Crippen molar-refractivity contribution in [3.05, 3.63) is 30.2 Å². The molecule has 1 aromatic carbocycles. The lowest BCUT2D eigenvalue weighted by atomic mass is 10.0. The maximum absolute atomic E-state index is 11.8. The molecule has 1 aliphatic heterocycles. The first-order chi connectivity index (χ1) is 11.7. The molecule has 0 atom stereocenters. The first-order valence-corrected chi connectivity index (χ1v) is 8.28. The van der Waals surface area contributed by atoms with E-state index in [-0.39, 0.29) is 5.91 Å². The number of nitrogens with zero attached hydrogens (tertiary/aromatic N) is 2. The van der Waals surface area contributed by atoms with Gasteiger partial charge in [-0.2, -0.15) is 4.98 Å². The summed E-state index contributed by atoms with van der Waals surface area (Å²) in [5.41, 5.74) is 0.857. The van der Waals surface area contributed by atoms with Crippen molar-refractivity contribution in [2.45, 2.75) is 19.8 Å². The Kier molecular flexibility index (Phi) is 5.43. The van der Waals surface area contributed by atoms with E-state index in [2.05, 4.69) is 20.8 Å². The Balaban J connectivity index is 1.48. The Morgan fingerprint density at radius 3 is 2.83 bits per heavy atom. The molecule has 0 unspecified atom stereocenters. The fourth-order valence-electron chi connectivity index (χ4n) is 2.40. The van der Waals surface area contributed by atoms with Crippen molar-refractivity contribution in [3.8, 4) is 17.1 Å². The molecule has 1 aliphatic rings. The van der Waals surface area contributed by atoms with Gasteiger partial charge in [-0.15, -0.1) is 0 Å². The quantitative estimate of drug-likeness (QED) is 0.760. The van der Waals surface area contributed by atoms with E-state index in [9.17, 15) is 4.79 Å². The maximum Gasteiger partial charge on any atom is 0.227 e. The smallest absolute Gasteiger partial charge is 0.227 e. The minimum absolute atomic E-state index is 0.0164. The highest BCUT2D eigenvalue weighted by Crippen LogP contribution is 2.20.